The highest BCUT2D eigenvalue weighted by Gasteiger charge is 2.39. The van der Waals surface area contributed by atoms with Gasteiger partial charge in [-0.1, -0.05) is 19.3 Å². The third-order valence-corrected chi connectivity index (χ3v) is 4.95. The van der Waals surface area contributed by atoms with Gasteiger partial charge in [0.25, 0.3) is 0 Å². The Hall–Kier alpha value is -0.860. The van der Waals surface area contributed by atoms with E-state index in [1.165, 1.54) is 45.1 Å². The van der Waals surface area contributed by atoms with Crippen LogP contribution >= 0.6 is 24.0 Å². The van der Waals surface area contributed by atoms with Crippen LogP contribution in [0.2, 0.25) is 0 Å². The van der Waals surface area contributed by atoms with E-state index in [9.17, 15) is 0 Å². The molecule has 7 heteroatoms. The van der Waals surface area contributed by atoms with E-state index in [0.717, 1.165) is 25.6 Å². The average molecular weight is 418 g/mol. The van der Waals surface area contributed by atoms with Crippen molar-refractivity contribution in [2.45, 2.75) is 45.1 Å². The fourth-order valence-corrected chi connectivity index (χ4v) is 3.79. The van der Waals surface area contributed by atoms with Crippen LogP contribution < -0.4 is 5.32 Å². The number of aromatic nitrogens is 3. The summed E-state index contributed by atoms with van der Waals surface area (Å²) in [6, 6.07) is 0. The first-order valence-corrected chi connectivity index (χ1v) is 8.09. The summed E-state index contributed by atoms with van der Waals surface area (Å²) >= 11 is 0. The van der Waals surface area contributed by atoms with Crippen molar-refractivity contribution in [3.05, 3.63) is 12.7 Å². The lowest BCUT2D eigenvalue weighted by molar-refractivity contribution is 0.203. The number of likely N-dealkylation sites (tertiary alicyclic amines) is 1. The Bertz CT molecular complexity index is 466. The molecule has 0 amide bonds. The highest BCUT2D eigenvalue weighted by atomic mass is 127. The number of rotatable bonds is 3. The largest absolute Gasteiger partial charge is 0.354 e. The lowest BCUT2D eigenvalue weighted by Gasteiger charge is -2.33. The van der Waals surface area contributed by atoms with Gasteiger partial charge in [-0.25, -0.2) is 4.98 Å². The molecule has 0 unspecified atom stereocenters. The van der Waals surface area contributed by atoms with E-state index in [-0.39, 0.29) is 24.0 Å². The zero-order chi connectivity index (χ0) is 14.5. The summed E-state index contributed by atoms with van der Waals surface area (Å²) in [5.41, 5.74) is 0.571. The highest BCUT2D eigenvalue weighted by molar-refractivity contribution is 14.0. The second kappa shape index (κ2) is 8.12. The Morgan fingerprint density at radius 1 is 1.27 bits per heavy atom. The van der Waals surface area contributed by atoms with Gasteiger partial charge in [-0.15, -0.1) is 24.0 Å². The van der Waals surface area contributed by atoms with Crippen molar-refractivity contribution in [2.24, 2.45) is 10.4 Å². The average Bonchev–Trinajstić information content (AvgIpc) is 3.15. The molecular weight excluding hydrogens is 391 g/mol. The summed E-state index contributed by atoms with van der Waals surface area (Å²) in [4.78, 5) is 10.8. The van der Waals surface area contributed by atoms with Crippen LogP contribution in [0.15, 0.2) is 17.6 Å². The van der Waals surface area contributed by atoms with Gasteiger partial charge in [0.15, 0.2) is 5.96 Å². The van der Waals surface area contributed by atoms with Crippen molar-refractivity contribution in [1.82, 2.24) is 25.0 Å². The zero-order valence-corrected chi connectivity index (χ0v) is 15.7. The molecule has 0 radical (unpaired) electrons. The second-order valence-corrected chi connectivity index (χ2v) is 6.36. The fraction of sp³-hybridized carbons (Fsp3) is 0.800. The maximum absolute atomic E-state index is 4.45. The Morgan fingerprint density at radius 3 is 2.77 bits per heavy atom. The minimum atomic E-state index is 0. The van der Waals surface area contributed by atoms with Gasteiger partial charge in [-0.05, 0) is 24.7 Å². The Kier molecular flexibility index (Phi) is 6.46. The first-order valence-electron chi connectivity index (χ1n) is 8.09. The molecule has 6 nitrogen and oxygen atoms in total. The van der Waals surface area contributed by atoms with Crippen LogP contribution in [0, 0.1) is 5.41 Å². The summed E-state index contributed by atoms with van der Waals surface area (Å²) in [5.74, 6) is 1.04. The van der Waals surface area contributed by atoms with Crippen molar-refractivity contribution in [3.8, 4) is 0 Å². The molecule has 22 heavy (non-hydrogen) atoms. The van der Waals surface area contributed by atoms with Crippen LogP contribution in [0.1, 0.15) is 38.5 Å². The molecule has 1 N–H and O–H groups in total. The normalized spacial score (nSPS) is 21.0. The van der Waals surface area contributed by atoms with E-state index < -0.39 is 0 Å². The number of hydrogen-bond donors (Lipinski definition) is 1. The summed E-state index contributed by atoms with van der Waals surface area (Å²) in [5, 5.41) is 7.58. The maximum Gasteiger partial charge on any atom is 0.193 e. The summed E-state index contributed by atoms with van der Waals surface area (Å²) in [6.07, 6.45) is 11.7. The van der Waals surface area contributed by atoms with Crippen molar-refractivity contribution >= 4 is 29.9 Å². The molecule has 2 aliphatic rings. The van der Waals surface area contributed by atoms with E-state index in [4.69, 9.17) is 0 Å². The summed E-state index contributed by atoms with van der Waals surface area (Å²) < 4.78 is 1.84. The first-order chi connectivity index (χ1) is 10.3. The van der Waals surface area contributed by atoms with Gasteiger partial charge in [0.05, 0.1) is 6.54 Å². The van der Waals surface area contributed by atoms with Crippen LogP contribution in [-0.2, 0) is 6.54 Å². The highest BCUT2D eigenvalue weighted by Crippen LogP contribution is 2.43. The third kappa shape index (κ3) is 4.11. The molecule has 124 valence electrons. The Balaban J connectivity index is 0.00000176. The van der Waals surface area contributed by atoms with E-state index in [1.807, 2.05) is 11.7 Å². The molecule has 1 spiro atoms. The van der Waals surface area contributed by atoms with E-state index >= 15 is 0 Å². The van der Waals surface area contributed by atoms with E-state index in [2.05, 4.69) is 25.3 Å². The standard InChI is InChI=1S/C15H26N6.HI/c1-16-14(18-8-10-21-13-17-12-19-21)20-9-7-15(11-20)5-3-2-4-6-15;/h12-13H,2-11H2,1H3,(H,16,18);1H. The first kappa shape index (κ1) is 17.5. The van der Waals surface area contributed by atoms with Crippen molar-refractivity contribution in [3.63, 3.8) is 0 Å². The number of aliphatic imine (C=N–C) groups is 1. The van der Waals surface area contributed by atoms with Gasteiger partial charge in [0, 0.05) is 26.7 Å². The van der Waals surface area contributed by atoms with Gasteiger partial charge in [-0.3, -0.25) is 9.67 Å². The smallest absolute Gasteiger partial charge is 0.193 e. The monoisotopic (exact) mass is 418 g/mol. The SMILES string of the molecule is CN=C(NCCn1cncn1)N1CCC2(CCCCC2)C1.I. The second-order valence-electron chi connectivity index (χ2n) is 6.36. The predicted octanol–water partition coefficient (Wildman–Crippen LogP) is 2.13. The number of hydrogen-bond acceptors (Lipinski definition) is 3. The quantitative estimate of drug-likeness (QED) is 0.464. The third-order valence-electron chi connectivity index (χ3n) is 4.95. The minimum Gasteiger partial charge on any atom is -0.354 e. The molecule has 1 aromatic heterocycles. The fourth-order valence-electron chi connectivity index (χ4n) is 3.79. The number of nitrogens with one attached hydrogen (secondary N) is 1. The molecule has 2 fully saturated rings. The molecular formula is C15H27IN6. The molecule has 2 heterocycles. The maximum atomic E-state index is 4.45. The summed E-state index contributed by atoms with van der Waals surface area (Å²) in [7, 11) is 1.88. The van der Waals surface area contributed by atoms with Gasteiger partial charge in [0.1, 0.15) is 12.7 Å². The number of halogens is 1. The van der Waals surface area contributed by atoms with Crippen LogP contribution in [-0.4, -0.2) is 52.3 Å². The molecule has 1 aliphatic carbocycles. The zero-order valence-electron chi connectivity index (χ0n) is 13.4. The number of nitrogens with zero attached hydrogens (tertiary/aromatic N) is 5. The molecule has 1 aliphatic heterocycles. The lowest BCUT2D eigenvalue weighted by Crippen LogP contribution is -2.42. The van der Waals surface area contributed by atoms with E-state index in [1.54, 1.807) is 12.7 Å². The molecule has 3 rings (SSSR count). The Labute approximate surface area is 149 Å². The predicted molar refractivity (Wildman–Crippen MR) is 98.5 cm³/mol. The molecule has 0 atom stereocenters. The lowest BCUT2D eigenvalue weighted by atomic mass is 9.73. The van der Waals surface area contributed by atoms with Crippen LogP contribution in [0.4, 0.5) is 0 Å². The van der Waals surface area contributed by atoms with Gasteiger partial charge in [-0.2, -0.15) is 5.10 Å². The minimum absolute atomic E-state index is 0. The molecule has 0 bridgehead atoms. The van der Waals surface area contributed by atoms with Crippen LogP contribution in [0.3, 0.4) is 0 Å². The van der Waals surface area contributed by atoms with Gasteiger partial charge in [0.2, 0.25) is 0 Å². The Morgan fingerprint density at radius 2 is 2.09 bits per heavy atom. The number of guanidine groups is 1. The molecule has 0 aromatic carbocycles. The van der Waals surface area contributed by atoms with Crippen molar-refractivity contribution in [2.75, 3.05) is 26.7 Å². The van der Waals surface area contributed by atoms with E-state index in [0.29, 0.717) is 5.41 Å². The summed E-state index contributed by atoms with van der Waals surface area (Å²) in [6.45, 7) is 3.97. The molecule has 1 saturated carbocycles. The van der Waals surface area contributed by atoms with Crippen LogP contribution in [0.5, 0.6) is 0 Å². The van der Waals surface area contributed by atoms with Crippen LogP contribution in [0.25, 0.3) is 0 Å². The topological polar surface area (TPSA) is 58.3 Å². The van der Waals surface area contributed by atoms with Crippen molar-refractivity contribution < 1.29 is 0 Å². The molecule has 1 aromatic rings. The molecule has 1 saturated heterocycles. The van der Waals surface area contributed by atoms with Crippen molar-refractivity contribution in [1.29, 1.82) is 0 Å². The van der Waals surface area contributed by atoms with Gasteiger partial charge < -0.3 is 10.2 Å². The van der Waals surface area contributed by atoms with Gasteiger partial charge >= 0.3 is 0 Å².